The van der Waals surface area contributed by atoms with Crippen LogP contribution in [0.2, 0.25) is 0 Å². The van der Waals surface area contributed by atoms with Gasteiger partial charge in [-0.1, -0.05) is 305 Å². The highest BCUT2D eigenvalue weighted by Crippen LogP contribution is 2.43. The molecule has 0 aliphatic carbocycles. The summed E-state index contributed by atoms with van der Waals surface area (Å²) in [6.45, 7) is 20.3. The molecule has 64 heavy (non-hydrogen) atoms. The van der Waals surface area contributed by atoms with Crippen LogP contribution in [0.5, 0.6) is 5.75 Å². The Balaban J connectivity index is 3.16. The zero-order chi connectivity index (χ0) is 46.6. The second-order valence-corrected chi connectivity index (χ2v) is 22.3. The summed E-state index contributed by atoms with van der Waals surface area (Å²) in [5, 5.41) is 0. The van der Waals surface area contributed by atoms with E-state index in [9.17, 15) is 0 Å². The lowest BCUT2D eigenvalue weighted by Crippen LogP contribution is -2.21. The fourth-order valence-corrected chi connectivity index (χ4v) is 10.7. The molecule has 0 radical (unpaired) electrons. The van der Waals surface area contributed by atoms with Crippen LogP contribution in [0.1, 0.15) is 359 Å². The SMILES string of the molecule is CCCCCCCCCCCCCOc1c(CCCCCCCCCCCCC)c(C)c(CCCCCCCCCCCCC)c(CCCCCCCCCCCCC)c1C(C)(C)C. The van der Waals surface area contributed by atoms with Crippen LogP contribution in [0.3, 0.4) is 0 Å². The minimum atomic E-state index is 0.0744. The van der Waals surface area contributed by atoms with E-state index in [-0.39, 0.29) is 5.41 Å². The maximum atomic E-state index is 7.22. The summed E-state index contributed by atoms with van der Waals surface area (Å²) >= 11 is 0. The summed E-state index contributed by atoms with van der Waals surface area (Å²) in [7, 11) is 0. The maximum Gasteiger partial charge on any atom is 0.126 e. The third-order valence-corrected chi connectivity index (χ3v) is 14.9. The lowest BCUT2D eigenvalue weighted by Gasteiger charge is -2.32. The van der Waals surface area contributed by atoms with Crippen LogP contribution in [0.25, 0.3) is 0 Å². The van der Waals surface area contributed by atoms with E-state index in [1.807, 2.05) is 0 Å². The van der Waals surface area contributed by atoms with Crippen molar-refractivity contribution in [2.75, 3.05) is 6.61 Å². The smallest absolute Gasteiger partial charge is 0.126 e. The van der Waals surface area contributed by atoms with Crippen molar-refractivity contribution in [1.82, 2.24) is 0 Å². The maximum absolute atomic E-state index is 7.22. The molecule has 0 aliphatic rings. The average molecular weight is 894 g/mol. The summed E-state index contributed by atoms with van der Waals surface area (Å²) in [4.78, 5) is 0. The molecular formula is C63H120O. The standard InChI is InChI=1S/C63H120O/c1-9-13-17-21-25-29-33-37-41-45-49-53-58-57(5)59(54-50-46-42-38-34-30-26-22-18-14-10-2)62(64-56-52-48-44-40-36-32-28-24-20-16-12-4)61(63(6,7)8)60(58)55-51-47-43-39-35-31-27-23-19-15-11-3/h9-56H2,1-8H3. The third kappa shape index (κ3) is 32.7. The molecule has 0 saturated carbocycles. The molecule has 0 saturated heterocycles. The van der Waals surface area contributed by atoms with Gasteiger partial charge in [-0.3, -0.25) is 0 Å². The van der Waals surface area contributed by atoms with Crippen molar-refractivity contribution >= 4 is 0 Å². The van der Waals surface area contributed by atoms with Crippen molar-refractivity contribution in [2.45, 2.75) is 363 Å². The molecule has 1 aromatic rings. The van der Waals surface area contributed by atoms with Crippen LogP contribution in [-0.4, -0.2) is 6.61 Å². The molecule has 0 fully saturated rings. The van der Waals surface area contributed by atoms with Crippen molar-refractivity contribution in [3.05, 3.63) is 27.8 Å². The molecule has 0 amide bonds. The van der Waals surface area contributed by atoms with Gasteiger partial charge in [-0.05, 0) is 79.5 Å². The highest BCUT2D eigenvalue weighted by Gasteiger charge is 2.29. The molecule has 0 atom stereocenters. The summed E-state index contributed by atoms with van der Waals surface area (Å²) in [5.74, 6) is 1.34. The van der Waals surface area contributed by atoms with Gasteiger partial charge in [0, 0.05) is 5.56 Å². The second kappa shape index (κ2) is 44.5. The van der Waals surface area contributed by atoms with E-state index in [0.29, 0.717) is 0 Å². The Kier molecular flexibility index (Phi) is 42.5. The molecule has 0 bridgehead atoms. The van der Waals surface area contributed by atoms with Crippen molar-refractivity contribution in [1.29, 1.82) is 0 Å². The highest BCUT2D eigenvalue weighted by molar-refractivity contribution is 5.58. The Morgan fingerprint density at radius 2 is 0.516 bits per heavy atom. The second-order valence-electron chi connectivity index (χ2n) is 22.3. The monoisotopic (exact) mass is 893 g/mol. The van der Waals surface area contributed by atoms with Crippen LogP contribution >= 0.6 is 0 Å². The number of rotatable bonds is 49. The Bertz CT molecular complexity index is 1120. The van der Waals surface area contributed by atoms with Crippen molar-refractivity contribution in [3.63, 3.8) is 0 Å². The van der Waals surface area contributed by atoms with Crippen LogP contribution in [0.15, 0.2) is 0 Å². The first-order chi connectivity index (χ1) is 31.3. The van der Waals surface area contributed by atoms with Crippen LogP contribution in [0, 0.1) is 6.92 Å². The minimum Gasteiger partial charge on any atom is -0.493 e. The summed E-state index contributed by atoms with van der Waals surface area (Å²) in [5.41, 5.74) is 8.36. The number of ether oxygens (including phenoxy) is 1. The fourth-order valence-electron chi connectivity index (χ4n) is 10.7. The van der Waals surface area contributed by atoms with Gasteiger partial charge < -0.3 is 4.74 Å². The summed E-state index contributed by atoms with van der Waals surface area (Å²) < 4.78 is 7.22. The van der Waals surface area contributed by atoms with Crippen molar-refractivity contribution in [2.24, 2.45) is 0 Å². The van der Waals surface area contributed by atoms with E-state index >= 15 is 0 Å². The molecule has 0 heterocycles. The van der Waals surface area contributed by atoms with Crippen LogP contribution in [0.4, 0.5) is 0 Å². The van der Waals surface area contributed by atoms with Gasteiger partial charge in [0.05, 0.1) is 6.61 Å². The Morgan fingerprint density at radius 3 is 0.797 bits per heavy atom. The lowest BCUT2D eigenvalue weighted by atomic mass is 9.75. The van der Waals surface area contributed by atoms with Gasteiger partial charge in [0.2, 0.25) is 0 Å². The minimum absolute atomic E-state index is 0.0744. The number of hydrogen-bond donors (Lipinski definition) is 0. The molecule has 1 aromatic carbocycles. The molecule has 1 nitrogen and oxygen atoms in total. The van der Waals surface area contributed by atoms with Gasteiger partial charge in [0.1, 0.15) is 5.75 Å². The molecule has 0 aromatic heterocycles. The lowest BCUT2D eigenvalue weighted by molar-refractivity contribution is 0.292. The van der Waals surface area contributed by atoms with E-state index in [1.54, 1.807) is 27.8 Å². The predicted octanol–water partition coefficient (Wildman–Crippen LogP) is 22.5. The molecule has 0 unspecified atom stereocenters. The van der Waals surface area contributed by atoms with Gasteiger partial charge in [-0.2, -0.15) is 0 Å². The largest absolute Gasteiger partial charge is 0.493 e. The third-order valence-electron chi connectivity index (χ3n) is 14.9. The van der Waals surface area contributed by atoms with E-state index in [2.05, 4.69) is 55.4 Å². The Labute approximate surface area is 405 Å². The molecule has 378 valence electrons. The van der Waals surface area contributed by atoms with E-state index in [0.717, 1.165) is 6.61 Å². The summed E-state index contributed by atoms with van der Waals surface area (Å²) in [6.07, 6.45) is 65.6. The fraction of sp³-hybridized carbons (Fsp3) is 0.905. The average Bonchev–Trinajstić information content (AvgIpc) is 3.27. The Hall–Kier alpha value is -0.980. The van der Waals surface area contributed by atoms with Gasteiger partial charge in [-0.15, -0.1) is 0 Å². The zero-order valence-corrected chi connectivity index (χ0v) is 45.8. The molecule has 0 aliphatic heterocycles. The molecule has 0 N–H and O–H groups in total. The first kappa shape index (κ1) is 61.0. The van der Waals surface area contributed by atoms with Crippen molar-refractivity contribution in [3.8, 4) is 5.75 Å². The first-order valence-corrected chi connectivity index (χ1v) is 30.1. The van der Waals surface area contributed by atoms with E-state index in [4.69, 9.17) is 4.74 Å². The van der Waals surface area contributed by atoms with E-state index < -0.39 is 0 Å². The predicted molar refractivity (Wildman–Crippen MR) is 292 cm³/mol. The highest BCUT2D eigenvalue weighted by atomic mass is 16.5. The van der Waals surface area contributed by atoms with Crippen LogP contribution < -0.4 is 4.74 Å². The van der Waals surface area contributed by atoms with Gasteiger partial charge >= 0.3 is 0 Å². The van der Waals surface area contributed by atoms with Crippen LogP contribution in [-0.2, 0) is 24.7 Å². The van der Waals surface area contributed by atoms with Gasteiger partial charge in [0.15, 0.2) is 0 Å². The topological polar surface area (TPSA) is 9.23 Å². The van der Waals surface area contributed by atoms with Gasteiger partial charge in [0.25, 0.3) is 0 Å². The summed E-state index contributed by atoms with van der Waals surface area (Å²) in [6, 6.07) is 0. The number of benzene rings is 1. The van der Waals surface area contributed by atoms with Crippen molar-refractivity contribution < 1.29 is 4.74 Å². The van der Waals surface area contributed by atoms with Gasteiger partial charge in [-0.25, -0.2) is 0 Å². The zero-order valence-electron chi connectivity index (χ0n) is 45.8. The molecule has 1 rings (SSSR count). The number of hydrogen-bond acceptors (Lipinski definition) is 1. The Morgan fingerprint density at radius 1 is 0.281 bits per heavy atom. The normalized spacial score (nSPS) is 11.9. The molecule has 1 heteroatoms. The molecular weight excluding hydrogens is 773 g/mol. The quantitative estimate of drug-likeness (QED) is 0.0592. The number of unbranched alkanes of at least 4 members (excludes halogenated alkanes) is 40. The van der Waals surface area contributed by atoms with E-state index in [1.165, 1.54) is 308 Å². The first-order valence-electron chi connectivity index (χ1n) is 30.1. The molecule has 0 spiro atoms.